The zero-order valence-corrected chi connectivity index (χ0v) is 11.5. The van der Waals surface area contributed by atoms with E-state index in [4.69, 9.17) is 18.0 Å². The minimum absolute atomic E-state index is 0.227. The molecule has 0 bridgehead atoms. The van der Waals surface area contributed by atoms with Gasteiger partial charge in [-0.05, 0) is 37.0 Å². The first-order chi connectivity index (χ1) is 8.61. The van der Waals surface area contributed by atoms with Crippen LogP contribution >= 0.6 is 12.2 Å². The molecule has 4 heteroatoms. The van der Waals surface area contributed by atoms with Crippen LogP contribution in [0.4, 0.5) is 10.1 Å². The van der Waals surface area contributed by atoms with Gasteiger partial charge >= 0.3 is 0 Å². The van der Waals surface area contributed by atoms with Crippen molar-refractivity contribution in [2.75, 3.05) is 18.0 Å². The number of hydrogen-bond donors (Lipinski definition) is 1. The number of benzene rings is 1. The number of anilines is 1. The van der Waals surface area contributed by atoms with E-state index in [-0.39, 0.29) is 10.8 Å². The highest BCUT2D eigenvalue weighted by molar-refractivity contribution is 7.80. The summed E-state index contributed by atoms with van der Waals surface area (Å²) in [6, 6.07) is 5.02. The molecule has 0 spiro atoms. The summed E-state index contributed by atoms with van der Waals surface area (Å²) < 4.78 is 14.0. The second kappa shape index (κ2) is 5.65. The first kappa shape index (κ1) is 13.3. The summed E-state index contributed by atoms with van der Waals surface area (Å²) in [5.41, 5.74) is 6.76. The van der Waals surface area contributed by atoms with Gasteiger partial charge in [-0.25, -0.2) is 4.39 Å². The van der Waals surface area contributed by atoms with Gasteiger partial charge in [0.1, 0.15) is 10.8 Å². The Labute approximate surface area is 113 Å². The average molecular weight is 266 g/mol. The second-order valence-electron chi connectivity index (χ2n) is 4.87. The Morgan fingerprint density at radius 1 is 1.44 bits per heavy atom. The summed E-state index contributed by atoms with van der Waals surface area (Å²) in [5.74, 6) is 0.565. The fourth-order valence-electron chi connectivity index (χ4n) is 2.50. The van der Waals surface area contributed by atoms with Crippen molar-refractivity contribution in [3.05, 3.63) is 29.6 Å². The van der Waals surface area contributed by atoms with Crippen molar-refractivity contribution >= 4 is 22.9 Å². The molecule has 1 aromatic carbocycles. The summed E-state index contributed by atoms with van der Waals surface area (Å²) in [7, 11) is 0. The molecule has 18 heavy (non-hydrogen) atoms. The minimum atomic E-state index is -0.227. The molecule has 98 valence electrons. The van der Waals surface area contributed by atoms with Crippen LogP contribution in [0.1, 0.15) is 31.7 Å². The molecule has 2 N–H and O–H groups in total. The van der Waals surface area contributed by atoms with E-state index in [9.17, 15) is 4.39 Å². The topological polar surface area (TPSA) is 29.3 Å². The van der Waals surface area contributed by atoms with E-state index in [1.54, 1.807) is 12.1 Å². The number of rotatable bonds is 3. The molecule has 0 unspecified atom stereocenters. The largest absolute Gasteiger partial charge is 0.389 e. The number of hydrogen-bond acceptors (Lipinski definition) is 2. The molecule has 0 atom stereocenters. The van der Waals surface area contributed by atoms with Crippen LogP contribution in [0, 0.1) is 11.7 Å². The predicted molar refractivity (Wildman–Crippen MR) is 77.5 cm³/mol. The van der Waals surface area contributed by atoms with E-state index in [1.807, 2.05) is 0 Å². The molecule has 1 aromatic rings. The number of halogens is 1. The van der Waals surface area contributed by atoms with Crippen molar-refractivity contribution < 1.29 is 4.39 Å². The Bertz CT molecular complexity index is 439. The lowest BCUT2D eigenvalue weighted by Gasteiger charge is -2.33. The predicted octanol–water partition coefficient (Wildman–Crippen LogP) is 3.09. The minimum Gasteiger partial charge on any atom is -0.389 e. The van der Waals surface area contributed by atoms with Crippen molar-refractivity contribution in [3.8, 4) is 0 Å². The fraction of sp³-hybridized carbons (Fsp3) is 0.500. The number of piperidine rings is 1. The van der Waals surface area contributed by atoms with E-state index in [1.165, 1.54) is 12.5 Å². The van der Waals surface area contributed by atoms with Crippen LogP contribution < -0.4 is 10.6 Å². The summed E-state index contributed by atoms with van der Waals surface area (Å²) in [6.07, 6.45) is 3.51. The van der Waals surface area contributed by atoms with E-state index >= 15 is 0 Å². The first-order valence-electron chi connectivity index (χ1n) is 6.46. The third-order valence-electron chi connectivity index (χ3n) is 3.76. The van der Waals surface area contributed by atoms with Crippen molar-refractivity contribution in [2.45, 2.75) is 26.2 Å². The van der Waals surface area contributed by atoms with E-state index < -0.39 is 0 Å². The van der Waals surface area contributed by atoms with Gasteiger partial charge < -0.3 is 10.6 Å². The maximum Gasteiger partial charge on any atom is 0.147 e. The molecule has 1 fully saturated rings. The number of nitrogens with two attached hydrogens (primary N) is 1. The van der Waals surface area contributed by atoms with Gasteiger partial charge in [-0.1, -0.05) is 25.6 Å². The van der Waals surface area contributed by atoms with Crippen LogP contribution in [0.5, 0.6) is 0 Å². The molecule has 1 aliphatic heterocycles. The third-order valence-corrected chi connectivity index (χ3v) is 4.00. The van der Waals surface area contributed by atoms with Gasteiger partial charge in [-0.3, -0.25) is 0 Å². The van der Waals surface area contributed by atoms with Crippen LogP contribution in [-0.4, -0.2) is 18.1 Å². The molecule has 0 radical (unpaired) electrons. The molecule has 2 nitrogen and oxygen atoms in total. The smallest absolute Gasteiger partial charge is 0.147 e. The Morgan fingerprint density at radius 2 is 2.11 bits per heavy atom. The lowest BCUT2D eigenvalue weighted by Crippen LogP contribution is -2.34. The molecule has 1 aliphatic rings. The Morgan fingerprint density at radius 3 is 2.61 bits per heavy atom. The van der Waals surface area contributed by atoms with Crippen LogP contribution in [-0.2, 0) is 0 Å². The molecule has 0 aliphatic carbocycles. The van der Waals surface area contributed by atoms with Crippen molar-refractivity contribution in [1.82, 2.24) is 0 Å². The standard InChI is InChI=1S/C14H19FN2S/c1-2-10-5-7-17(8-6-10)13-4-3-11(14(16)18)9-12(13)15/h3-4,9-10H,2,5-8H2,1H3,(H2,16,18). The van der Waals surface area contributed by atoms with Crippen molar-refractivity contribution in [1.29, 1.82) is 0 Å². The maximum absolute atomic E-state index is 14.0. The van der Waals surface area contributed by atoms with Crippen LogP contribution in [0.2, 0.25) is 0 Å². The third kappa shape index (κ3) is 2.80. The van der Waals surface area contributed by atoms with E-state index in [2.05, 4.69) is 11.8 Å². The van der Waals surface area contributed by atoms with Gasteiger partial charge in [-0.15, -0.1) is 0 Å². The molecule has 1 saturated heterocycles. The SMILES string of the molecule is CCC1CCN(c2ccc(C(N)=S)cc2F)CC1. The van der Waals surface area contributed by atoms with Gasteiger partial charge in [0.05, 0.1) is 5.69 Å². The van der Waals surface area contributed by atoms with Crippen molar-refractivity contribution in [3.63, 3.8) is 0 Å². The van der Waals surface area contributed by atoms with Gasteiger partial charge in [0, 0.05) is 18.7 Å². The molecular weight excluding hydrogens is 247 g/mol. The normalized spacial score (nSPS) is 16.9. The summed E-state index contributed by atoms with van der Waals surface area (Å²) in [5, 5.41) is 0. The lowest BCUT2D eigenvalue weighted by molar-refractivity contribution is 0.393. The Hall–Kier alpha value is -1.16. The Balaban J connectivity index is 2.12. The lowest BCUT2D eigenvalue weighted by atomic mass is 9.94. The number of nitrogens with zero attached hydrogens (tertiary/aromatic N) is 1. The zero-order valence-electron chi connectivity index (χ0n) is 10.7. The highest BCUT2D eigenvalue weighted by Gasteiger charge is 2.20. The summed E-state index contributed by atoms with van der Waals surface area (Å²) in [6.45, 7) is 4.08. The zero-order chi connectivity index (χ0) is 13.1. The maximum atomic E-state index is 14.0. The molecule has 2 rings (SSSR count). The van der Waals surface area contributed by atoms with Gasteiger partial charge in [0.2, 0.25) is 0 Å². The highest BCUT2D eigenvalue weighted by Crippen LogP contribution is 2.27. The monoisotopic (exact) mass is 266 g/mol. The fourth-order valence-corrected chi connectivity index (χ4v) is 2.63. The van der Waals surface area contributed by atoms with Crippen LogP contribution in [0.3, 0.4) is 0 Å². The second-order valence-corrected chi connectivity index (χ2v) is 5.31. The van der Waals surface area contributed by atoms with Gasteiger partial charge in [0.15, 0.2) is 0 Å². The van der Waals surface area contributed by atoms with Gasteiger partial charge in [0.25, 0.3) is 0 Å². The first-order valence-corrected chi connectivity index (χ1v) is 6.87. The van der Waals surface area contributed by atoms with Gasteiger partial charge in [-0.2, -0.15) is 0 Å². The summed E-state index contributed by atoms with van der Waals surface area (Å²) >= 11 is 4.85. The van der Waals surface area contributed by atoms with E-state index in [0.717, 1.165) is 31.8 Å². The Kier molecular flexibility index (Phi) is 4.17. The van der Waals surface area contributed by atoms with Crippen LogP contribution in [0.15, 0.2) is 18.2 Å². The quantitative estimate of drug-likeness (QED) is 0.853. The number of thiocarbonyl (C=S) groups is 1. The highest BCUT2D eigenvalue weighted by atomic mass is 32.1. The molecular formula is C14H19FN2S. The van der Waals surface area contributed by atoms with Crippen LogP contribution in [0.25, 0.3) is 0 Å². The molecule has 1 heterocycles. The molecule has 0 saturated carbocycles. The molecule has 0 aromatic heterocycles. The average Bonchev–Trinajstić information content (AvgIpc) is 2.38. The summed E-state index contributed by atoms with van der Waals surface area (Å²) in [4.78, 5) is 2.36. The van der Waals surface area contributed by atoms with Crippen molar-refractivity contribution in [2.24, 2.45) is 11.7 Å². The van der Waals surface area contributed by atoms with E-state index in [0.29, 0.717) is 11.3 Å². The molecule has 0 amide bonds.